The maximum atomic E-state index is 11.7. The summed E-state index contributed by atoms with van der Waals surface area (Å²) in [7, 11) is 0. The van der Waals surface area contributed by atoms with Crippen LogP contribution < -0.4 is 11.1 Å². The summed E-state index contributed by atoms with van der Waals surface area (Å²) in [5.41, 5.74) is 8.14. The molecule has 1 aromatic carbocycles. The van der Waals surface area contributed by atoms with Crippen molar-refractivity contribution in [2.75, 3.05) is 11.1 Å². The van der Waals surface area contributed by atoms with Gasteiger partial charge in [0.25, 0.3) is 0 Å². The molecule has 18 heavy (non-hydrogen) atoms. The summed E-state index contributed by atoms with van der Waals surface area (Å²) < 4.78 is 5.37. The molecule has 1 fully saturated rings. The van der Waals surface area contributed by atoms with Crippen LogP contribution in [-0.4, -0.2) is 12.2 Å². The summed E-state index contributed by atoms with van der Waals surface area (Å²) >= 11 is 0. The molecule has 0 radical (unpaired) electrons. The zero-order chi connectivity index (χ0) is 13.0. The maximum absolute atomic E-state index is 11.7. The molecular weight excluding hydrogens is 228 g/mol. The van der Waals surface area contributed by atoms with Crippen molar-refractivity contribution >= 4 is 17.5 Å². The summed E-state index contributed by atoms with van der Waals surface area (Å²) in [6, 6.07) is 5.46. The second kappa shape index (κ2) is 5.76. The zero-order valence-corrected chi connectivity index (χ0v) is 10.7. The van der Waals surface area contributed by atoms with Gasteiger partial charge >= 0.3 is 6.09 Å². The third kappa shape index (κ3) is 3.39. The SMILES string of the molecule is Cc1ccc(NC(=O)OC2CCCCC2)cc1N. The molecule has 1 aliphatic rings. The molecule has 0 bridgehead atoms. The number of nitrogens with one attached hydrogen (secondary N) is 1. The molecule has 1 aliphatic carbocycles. The van der Waals surface area contributed by atoms with Crippen LogP contribution in [0.15, 0.2) is 18.2 Å². The minimum Gasteiger partial charge on any atom is -0.446 e. The molecule has 0 spiro atoms. The summed E-state index contributed by atoms with van der Waals surface area (Å²) in [5.74, 6) is 0. The molecule has 4 nitrogen and oxygen atoms in total. The van der Waals surface area contributed by atoms with E-state index >= 15 is 0 Å². The van der Waals surface area contributed by atoms with Gasteiger partial charge in [-0.05, 0) is 50.3 Å². The molecule has 3 N–H and O–H groups in total. The number of hydrogen-bond donors (Lipinski definition) is 2. The van der Waals surface area contributed by atoms with Crippen molar-refractivity contribution in [2.24, 2.45) is 0 Å². The predicted octanol–water partition coefficient (Wildman–Crippen LogP) is 3.46. The molecule has 4 heteroatoms. The second-order valence-corrected chi connectivity index (χ2v) is 4.86. The fourth-order valence-electron chi connectivity index (χ4n) is 2.20. The average Bonchev–Trinajstić information content (AvgIpc) is 2.35. The van der Waals surface area contributed by atoms with Crippen LogP contribution in [0, 0.1) is 6.92 Å². The van der Waals surface area contributed by atoms with Crippen LogP contribution in [0.1, 0.15) is 37.7 Å². The standard InChI is InChI=1S/C14H20N2O2/c1-10-7-8-11(9-13(10)15)16-14(17)18-12-5-3-2-4-6-12/h7-9,12H,2-6,15H2,1H3,(H,16,17). The number of anilines is 2. The van der Waals surface area contributed by atoms with Gasteiger partial charge < -0.3 is 10.5 Å². The Morgan fingerprint density at radius 1 is 1.33 bits per heavy atom. The van der Waals surface area contributed by atoms with Gasteiger partial charge in [-0.1, -0.05) is 12.5 Å². The lowest BCUT2D eigenvalue weighted by atomic mass is 9.98. The van der Waals surface area contributed by atoms with E-state index < -0.39 is 0 Å². The van der Waals surface area contributed by atoms with Crippen LogP contribution in [0.3, 0.4) is 0 Å². The van der Waals surface area contributed by atoms with E-state index in [1.165, 1.54) is 6.42 Å². The van der Waals surface area contributed by atoms with Crippen molar-refractivity contribution in [2.45, 2.75) is 45.1 Å². The van der Waals surface area contributed by atoms with Crippen LogP contribution in [0.2, 0.25) is 0 Å². The van der Waals surface area contributed by atoms with Crippen molar-refractivity contribution < 1.29 is 9.53 Å². The molecular formula is C14H20N2O2. The van der Waals surface area contributed by atoms with Crippen LogP contribution in [0.5, 0.6) is 0 Å². The van der Waals surface area contributed by atoms with Crippen LogP contribution in [0.25, 0.3) is 0 Å². The van der Waals surface area contributed by atoms with Crippen molar-refractivity contribution in [1.82, 2.24) is 0 Å². The number of benzene rings is 1. The minimum absolute atomic E-state index is 0.0709. The van der Waals surface area contributed by atoms with E-state index in [1.807, 2.05) is 19.1 Å². The van der Waals surface area contributed by atoms with E-state index in [-0.39, 0.29) is 12.2 Å². The topological polar surface area (TPSA) is 64.3 Å². The lowest BCUT2D eigenvalue weighted by Gasteiger charge is -2.21. The molecule has 1 amide bonds. The van der Waals surface area contributed by atoms with Crippen molar-refractivity contribution in [3.8, 4) is 0 Å². The average molecular weight is 248 g/mol. The third-order valence-electron chi connectivity index (χ3n) is 3.35. The van der Waals surface area contributed by atoms with Crippen LogP contribution in [-0.2, 0) is 4.74 Å². The number of nitrogens with two attached hydrogens (primary N) is 1. The molecule has 0 saturated heterocycles. The number of aryl methyl sites for hydroxylation is 1. The predicted molar refractivity (Wildman–Crippen MR) is 72.6 cm³/mol. The van der Waals surface area contributed by atoms with Gasteiger partial charge in [0.15, 0.2) is 0 Å². The van der Waals surface area contributed by atoms with Gasteiger partial charge in [-0.15, -0.1) is 0 Å². The number of ether oxygens (including phenoxy) is 1. The van der Waals surface area contributed by atoms with Crippen LogP contribution in [0.4, 0.5) is 16.2 Å². The lowest BCUT2D eigenvalue weighted by Crippen LogP contribution is -2.24. The fraction of sp³-hybridized carbons (Fsp3) is 0.500. The van der Waals surface area contributed by atoms with Gasteiger partial charge in [0.05, 0.1) is 0 Å². The summed E-state index contributed by atoms with van der Waals surface area (Å²) in [6.45, 7) is 1.93. The second-order valence-electron chi connectivity index (χ2n) is 4.86. The normalized spacial score (nSPS) is 16.3. The van der Waals surface area contributed by atoms with Gasteiger partial charge in [0.2, 0.25) is 0 Å². The molecule has 0 aromatic heterocycles. The highest BCUT2D eigenvalue weighted by atomic mass is 16.6. The Morgan fingerprint density at radius 2 is 2.06 bits per heavy atom. The Morgan fingerprint density at radius 3 is 2.72 bits per heavy atom. The zero-order valence-electron chi connectivity index (χ0n) is 10.7. The quantitative estimate of drug-likeness (QED) is 0.788. The Bertz CT molecular complexity index is 426. The highest BCUT2D eigenvalue weighted by Gasteiger charge is 2.17. The van der Waals surface area contributed by atoms with Gasteiger partial charge in [0, 0.05) is 11.4 Å². The highest BCUT2D eigenvalue weighted by molar-refractivity contribution is 5.85. The summed E-state index contributed by atoms with van der Waals surface area (Å²) in [5, 5.41) is 2.72. The van der Waals surface area contributed by atoms with Gasteiger partial charge in [-0.2, -0.15) is 0 Å². The van der Waals surface area contributed by atoms with E-state index in [0.29, 0.717) is 11.4 Å². The van der Waals surface area contributed by atoms with Crippen molar-refractivity contribution in [1.29, 1.82) is 0 Å². The largest absolute Gasteiger partial charge is 0.446 e. The molecule has 1 saturated carbocycles. The van der Waals surface area contributed by atoms with E-state index in [0.717, 1.165) is 31.2 Å². The number of carbonyl (C=O) groups excluding carboxylic acids is 1. The van der Waals surface area contributed by atoms with E-state index in [9.17, 15) is 4.79 Å². The number of rotatable bonds is 2. The first kappa shape index (κ1) is 12.7. The minimum atomic E-state index is -0.384. The number of carbonyl (C=O) groups is 1. The van der Waals surface area contributed by atoms with E-state index in [2.05, 4.69) is 5.32 Å². The van der Waals surface area contributed by atoms with E-state index in [1.54, 1.807) is 6.07 Å². The Balaban J connectivity index is 1.88. The third-order valence-corrected chi connectivity index (χ3v) is 3.35. The Labute approximate surface area is 108 Å². The Hall–Kier alpha value is -1.71. The fourth-order valence-corrected chi connectivity index (χ4v) is 2.20. The number of amides is 1. The van der Waals surface area contributed by atoms with Crippen molar-refractivity contribution in [3.05, 3.63) is 23.8 Å². The first-order chi connectivity index (χ1) is 8.65. The molecule has 0 atom stereocenters. The molecule has 0 heterocycles. The summed E-state index contributed by atoms with van der Waals surface area (Å²) in [4.78, 5) is 11.7. The first-order valence-electron chi connectivity index (χ1n) is 6.49. The van der Waals surface area contributed by atoms with Gasteiger partial charge in [-0.3, -0.25) is 5.32 Å². The number of nitrogen functional groups attached to an aromatic ring is 1. The van der Waals surface area contributed by atoms with Gasteiger partial charge in [-0.25, -0.2) is 4.79 Å². The summed E-state index contributed by atoms with van der Waals surface area (Å²) in [6.07, 6.45) is 5.18. The molecule has 0 unspecified atom stereocenters. The molecule has 0 aliphatic heterocycles. The first-order valence-corrected chi connectivity index (χ1v) is 6.49. The monoisotopic (exact) mass is 248 g/mol. The number of hydrogen-bond acceptors (Lipinski definition) is 3. The maximum Gasteiger partial charge on any atom is 0.411 e. The molecule has 98 valence electrons. The Kier molecular flexibility index (Phi) is 4.07. The van der Waals surface area contributed by atoms with E-state index in [4.69, 9.17) is 10.5 Å². The molecule has 2 rings (SSSR count). The smallest absolute Gasteiger partial charge is 0.411 e. The van der Waals surface area contributed by atoms with Crippen molar-refractivity contribution in [3.63, 3.8) is 0 Å². The molecule has 1 aromatic rings. The van der Waals surface area contributed by atoms with Gasteiger partial charge in [0.1, 0.15) is 6.10 Å². The highest BCUT2D eigenvalue weighted by Crippen LogP contribution is 2.21. The van der Waals surface area contributed by atoms with Crippen LogP contribution >= 0.6 is 0 Å². The lowest BCUT2D eigenvalue weighted by molar-refractivity contribution is 0.0865.